The van der Waals surface area contributed by atoms with Gasteiger partial charge >= 0.3 is 6.03 Å². The van der Waals surface area contributed by atoms with Crippen LogP contribution in [0.1, 0.15) is 25.4 Å². The van der Waals surface area contributed by atoms with E-state index in [2.05, 4.69) is 20.4 Å². The topological polar surface area (TPSA) is 89.1 Å². The van der Waals surface area contributed by atoms with Crippen LogP contribution in [0.5, 0.6) is 0 Å². The maximum absolute atomic E-state index is 12.6. The molecule has 25 heavy (non-hydrogen) atoms. The SMILES string of the molecule is Cc1ccc(CN(C(=O)Nc2ccc(-n3cncn3)nc2)C(C)C)o1. The lowest BCUT2D eigenvalue weighted by Crippen LogP contribution is -2.39. The van der Waals surface area contributed by atoms with Crippen LogP contribution in [-0.4, -0.2) is 36.7 Å². The van der Waals surface area contributed by atoms with Gasteiger partial charge in [-0.2, -0.15) is 5.10 Å². The summed E-state index contributed by atoms with van der Waals surface area (Å²) in [5.41, 5.74) is 0.607. The summed E-state index contributed by atoms with van der Waals surface area (Å²) < 4.78 is 7.12. The van der Waals surface area contributed by atoms with Crippen molar-refractivity contribution in [3.63, 3.8) is 0 Å². The molecular weight excluding hydrogens is 320 g/mol. The van der Waals surface area contributed by atoms with Crippen molar-refractivity contribution in [1.29, 1.82) is 0 Å². The van der Waals surface area contributed by atoms with Crippen LogP contribution in [0.4, 0.5) is 10.5 Å². The average Bonchev–Trinajstić information content (AvgIpc) is 3.24. The molecule has 0 unspecified atom stereocenters. The Morgan fingerprint density at radius 2 is 2.16 bits per heavy atom. The Hall–Kier alpha value is -3.16. The number of nitrogens with zero attached hydrogens (tertiary/aromatic N) is 5. The first-order valence-electron chi connectivity index (χ1n) is 7.97. The second-order valence-electron chi connectivity index (χ2n) is 5.91. The van der Waals surface area contributed by atoms with E-state index in [0.717, 1.165) is 11.5 Å². The molecule has 0 saturated carbocycles. The first-order valence-corrected chi connectivity index (χ1v) is 7.97. The predicted octanol–water partition coefficient (Wildman–Crippen LogP) is 3.01. The van der Waals surface area contributed by atoms with Crippen LogP contribution in [0.2, 0.25) is 0 Å². The molecule has 8 nitrogen and oxygen atoms in total. The van der Waals surface area contributed by atoms with Crippen molar-refractivity contribution in [2.45, 2.75) is 33.4 Å². The second kappa shape index (κ2) is 7.16. The third-order valence-electron chi connectivity index (χ3n) is 3.66. The number of nitrogens with one attached hydrogen (secondary N) is 1. The average molecular weight is 340 g/mol. The first kappa shape index (κ1) is 16.7. The Morgan fingerprint density at radius 1 is 1.32 bits per heavy atom. The minimum Gasteiger partial charge on any atom is -0.464 e. The monoisotopic (exact) mass is 340 g/mol. The van der Waals surface area contributed by atoms with E-state index in [4.69, 9.17) is 4.42 Å². The van der Waals surface area contributed by atoms with Gasteiger partial charge in [0.1, 0.15) is 24.2 Å². The van der Waals surface area contributed by atoms with Gasteiger partial charge < -0.3 is 14.6 Å². The van der Waals surface area contributed by atoms with Crippen molar-refractivity contribution < 1.29 is 9.21 Å². The molecule has 130 valence electrons. The molecule has 0 aromatic carbocycles. The summed E-state index contributed by atoms with van der Waals surface area (Å²) in [6.45, 7) is 6.20. The zero-order chi connectivity index (χ0) is 17.8. The molecule has 0 aliphatic heterocycles. The maximum atomic E-state index is 12.6. The van der Waals surface area contributed by atoms with Gasteiger partial charge in [0.2, 0.25) is 0 Å². The highest BCUT2D eigenvalue weighted by molar-refractivity contribution is 5.89. The van der Waals surface area contributed by atoms with Crippen LogP contribution in [0.25, 0.3) is 5.82 Å². The Bertz CT molecular complexity index is 823. The van der Waals surface area contributed by atoms with Gasteiger partial charge in [-0.1, -0.05) is 0 Å². The molecule has 3 heterocycles. The zero-order valence-corrected chi connectivity index (χ0v) is 14.4. The number of aromatic nitrogens is 4. The van der Waals surface area contributed by atoms with E-state index in [1.165, 1.54) is 6.33 Å². The highest BCUT2D eigenvalue weighted by Crippen LogP contribution is 2.15. The fourth-order valence-electron chi connectivity index (χ4n) is 2.34. The summed E-state index contributed by atoms with van der Waals surface area (Å²) in [5, 5.41) is 6.87. The van der Waals surface area contributed by atoms with Crippen LogP contribution in [0.3, 0.4) is 0 Å². The molecule has 0 saturated heterocycles. The summed E-state index contributed by atoms with van der Waals surface area (Å²) in [5.74, 6) is 2.20. The molecule has 0 aliphatic rings. The van der Waals surface area contributed by atoms with Gasteiger partial charge in [0.15, 0.2) is 5.82 Å². The van der Waals surface area contributed by atoms with Crippen molar-refractivity contribution in [2.75, 3.05) is 5.32 Å². The number of hydrogen-bond acceptors (Lipinski definition) is 5. The predicted molar refractivity (Wildman–Crippen MR) is 92.3 cm³/mol. The van der Waals surface area contributed by atoms with Gasteiger partial charge in [0.05, 0.1) is 18.4 Å². The van der Waals surface area contributed by atoms with Gasteiger partial charge in [-0.05, 0) is 45.0 Å². The summed E-state index contributed by atoms with van der Waals surface area (Å²) in [4.78, 5) is 22.4. The third-order valence-corrected chi connectivity index (χ3v) is 3.66. The van der Waals surface area contributed by atoms with E-state index < -0.39 is 0 Å². The number of anilines is 1. The van der Waals surface area contributed by atoms with E-state index in [0.29, 0.717) is 18.1 Å². The molecule has 3 rings (SSSR count). The minimum absolute atomic E-state index is 0.0211. The fourth-order valence-corrected chi connectivity index (χ4v) is 2.34. The lowest BCUT2D eigenvalue weighted by atomic mass is 10.3. The van der Waals surface area contributed by atoms with Gasteiger partial charge in [0, 0.05) is 6.04 Å². The van der Waals surface area contributed by atoms with E-state index in [-0.39, 0.29) is 12.1 Å². The first-order chi connectivity index (χ1) is 12.0. The highest BCUT2D eigenvalue weighted by atomic mass is 16.3. The van der Waals surface area contributed by atoms with Gasteiger partial charge in [-0.15, -0.1) is 0 Å². The van der Waals surface area contributed by atoms with Crippen molar-refractivity contribution in [3.8, 4) is 5.82 Å². The Labute approximate surface area is 145 Å². The molecule has 0 bridgehead atoms. The number of urea groups is 1. The lowest BCUT2D eigenvalue weighted by molar-refractivity contribution is 0.187. The molecule has 0 aliphatic carbocycles. The van der Waals surface area contributed by atoms with Crippen molar-refractivity contribution in [1.82, 2.24) is 24.6 Å². The molecule has 0 fully saturated rings. The largest absolute Gasteiger partial charge is 0.464 e. The highest BCUT2D eigenvalue weighted by Gasteiger charge is 2.19. The lowest BCUT2D eigenvalue weighted by Gasteiger charge is -2.26. The van der Waals surface area contributed by atoms with E-state index in [1.807, 2.05) is 32.9 Å². The molecule has 0 spiro atoms. The summed E-state index contributed by atoms with van der Waals surface area (Å²) in [6, 6.07) is 7.12. The number of hydrogen-bond donors (Lipinski definition) is 1. The Morgan fingerprint density at radius 3 is 2.72 bits per heavy atom. The zero-order valence-electron chi connectivity index (χ0n) is 14.4. The number of aryl methyl sites for hydroxylation is 1. The minimum atomic E-state index is -0.209. The van der Waals surface area contributed by atoms with Crippen molar-refractivity contribution in [3.05, 3.63) is 54.6 Å². The summed E-state index contributed by atoms with van der Waals surface area (Å²) >= 11 is 0. The molecule has 0 atom stereocenters. The number of amides is 2. The van der Waals surface area contributed by atoms with Gasteiger partial charge in [-0.25, -0.2) is 19.4 Å². The number of carbonyl (C=O) groups excluding carboxylic acids is 1. The van der Waals surface area contributed by atoms with Gasteiger partial charge in [-0.3, -0.25) is 0 Å². The van der Waals surface area contributed by atoms with E-state index in [9.17, 15) is 4.79 Å². The maximum Gasteiger partial charge on any atom is 0.322 e. The molecular formula is C17H20N6O2. The number of pyridine rings is 1. The summed E-state index contributed by atoms with van der Waals surface area (Å²) in [7, 11) is 0. The quantitative estimate of drug-likeness (QED) is 0.771. The van der Waals surface area contributed by atoms with Crippen LogP contribution in [-0.2, 0) is 6.54 Å². The fraction of sp³-hybridized carbons (Fsp3) is 0.294. The number of carbonyl (C=O) groups is 1. The van der Waals surface area contributed by atoms with Crippen LogP contribution in [0, 0.1) is 6.92 Å². The molecule has 8 heteroatoms. The second-order valence-corrected chi connectivity index (χ2v) is 5.91. The molecule has 0 radical (unpaired) electrons. The van der Waals surface area contributed by atoms with Crippen LogP contribution in [0.15, 0.2) is 47.5 Å². The van der Waals surface area contributed by atoms with E-state index in [1.54, 1.807) is 34.2 Å². The molecule has 2 amide bonds. The molecule has 1 N–H and O–H groups in total. The molecule has 3 aromatic rings. The van der Waals surface area contributed by atoms with Crippen molar-refractivity contribution >= 4 is 11.7 Å². The molecule has 3 aromatic heterocycles. The van der Waals surface area contributed by atoms with Crippen LogP contribution >= 0.6 is 0 Å². The number of furan rings is 1. The Kier molecular flexibility index (Phi) is 4.78. The smallest absolute Gasteiger partial charge is 0.322 e. The van der Waals surface area contributed by atoms with E-state index >= 15 is 0 Å². The van der Waals surface area contributed by atoms with Crippen molar-refractivity contribution in [2.24, 2.45) is 0 Å². The Balaban J connectivity index is 1.68. The normalized spacial score (nSPS) is 10.9. The van der Waals surface area contributed by atoms with Crippen LogP contribution < -0.4 is 5.32 Å². The third kappa shape index (κ3) is 4.03. The number of rotatable bonds is 5. The standard InChI is InChI=1S/C17H20N6O2/c1-12(2)22(9-15-6-4-13(3)25-15)17(24)21-14-5-7-16(19-8-14)23-11-18-10-20-23/h4-8,10-12H,9H2,1-3H3,(H,21,24). The summed E-state index contributed by atoms with van der Waals surface area (Å²) in [6.07, 6.45) is 4.59. The van der Waals surface area contributed by atoms with Gasteiger partial charge in [0.25, 0.3) is 0 Å².